The third-order valence-electron chi connectivity index (χ3n) is 6.83. The van der Waals surface area contributed by atoms with Crippen molar-refractivity contribution in [3.05, 3.63) is 106 Å². The lowest BCUT2D eigenvalue weighted by molar-refractivity contribution is -0.146. The van der Waals surface area contributed by atoms with Crippen molar-refractivity contribution >= 4 is 51.9 Å². The van der Waals surface area contributed by atoms with Gasteiger partial charge in [-0.1, -0.05) is 59.6 Å². The molecule has 0 aliphatic heterocycles. The molecule has 16 heteroatoms. The molecule has 0 aliphatic rings. The highest BCUT2D eigenvalue weighted by Crippen LogP contribution is 2.32. The molecule has 11 nitrogen and oxygen atoms in total. The zero-order chi connectivity index (χ0) is 31.7. The van der Waals surface area contributed by atoms with Gasteiger partial charge in [-0.05, 0) is 58.8 Å². The van der Waals surface area contributed by atoms with Gasteiger partial charge in [0, 0.05) is 27.6 Å². The van der Waals surface area contributed by atoms with Crippen molar-refractivity contribution < 1.29 is 18.0 Å². The molecule has 0 radical (unpaired) electrons. The Morgan fingerprint density at radius 3 is 2.67 bits per heavy atom. The first-order chi connectivity index (χ1) is 21.6. The van der Waals surface area contributed by atoms with E-state index in [1.807, 2.05) is 42.5 Å². The molecule has 0 aliphatic carbocycles. The number of tetrazole rings is 1. The Hall–Kier alpha value is -5.21. The largest absolute Gasteiger partial charge is 0.453 e. The Bertz CT molecular complexity index is 2040. The van der Waals surface area contributed by atoms with Crippen LogP contribution in [0.3, 0.4) is 0 Å². The van der Waals surface area contributed by atoms with Crippen molar-refractivity contribution in [2.45, 2.75) is 18.6 Å². The summed E-state index contributed by atoms with van der Waals surface area (Å²) in [5.74, 6) is -1.13. The molecule has 228 valence electrons. The Kier molecular flexibility index (Phi) is 7.99. The maximum Gasteiger partial charge on any atom is 0.453 e. The molecule has 45 heavy (non-hydrogen) atoms. The lowest BCUT2D eigenvalue weighted by atomic mass is 10.1. The second-order valence-electron chi connectivity index (χ2n) is 9.85. The molecule has 6 aromatic rings. The number of carbonyl (C=O) groups is 1. The number of amides is 1. The summed E-state index contributed by atoms with van der Waals surface area (Å²) >= 11 is 12.7. The van der Waals surface area contributed by atoms with Gasteiger partial charge in [-0.25, -0.2) is 4.98 Å². The Morgan fingerprint density at radius 1 is 1.09 bits per heavy atom. The van der Waals surface area contributed by atoms with E-state index in [-0.39, 0.29) is 21.4 Å². The molecule has 0 bridgehead atoms. The quantitative estimate of drug-likeness (QED) is 0.148. The minimum Gasteiger partial charge on any atom is -0.382 e. The fraction of sp³-hybridized carbons (Fsp3) is 0.103. The van der Waals surface area contributed by atoms with E-state index in [0.29, 0.717) is 39.5 Å². The van der Waals surface area contributed by atoms with Gasteiger partial charge in [0.15, 0.2) is 5.82 Å². The molecule has 3 heterocycles. The molecule has 5 N–H and O–H groups in total. The molecule has 0 unspecified atom stereocenters. The standard InChI is InChI=1S/C29H21Cl2F3N10O/c30-18-8-10-22(44-28(29(32,33)34)41-42-43-44)16(13-18)7-11-23(45)36-21(12-15-4-2-1-3-5-15)27-37-24(25(31)38-27)17-6-9-19-20(14-17)39-40-26(19)35/h1-11,13-14,21H,12H2,(H,36,45)(H,37,38)(H3,35,39,40)/b11-7+/t21-/m0/s1. The van der Waals surface area contributed by atoms with Crippen LogP contribution >= 0.6 is 23.2 Å². The van der Waals surface area contributed by atoms with Crippen molar-refractivity contribution in [2.24, 2.45) is 0 Å². The van der Waals surface area contributed by atoms with Crippen LogP contribution in [0.5, 0.6) is 0 Å². The number of nitrogen functional groups attached to an aromatic ring is 1. The number of H-pyrrole nitrogens is 2. The van der Waals surface area contributed by atoms with E-state index in [4.69, 9.17) is 33.9 Å². The Labute approximate surface area is 262 Å². The number of nitrogens with two attached hydrogens (primary N) is 1. The van der Waals surface area contributed by atoms with Gasteiger partial charge in [0.2, 0.25) is 5.91 Å². The summed E-state index contributed by atoms with van der Waals surface area (Å²) in [6.07, 6.45) is -1.97. The lowest BCUT2D eigenvalue weighted by Crippen LogP contribution is -2.29. The number of hydrogen-bond acceptors (Lipinski definition) is 7. The minimum absolute atomic E-state index is 0.0277. The van der Waals surface area contributed by atoms with E-state index in [2.05, 4.69) is 36.0 Å². The highest BCUT2D eigenvalue weighted by Gasteiger charge is 2.38. The van der Waals surface area contributed by atoms with Gasteiger partial charge in [0.05, 0.1) is 17.2 Å². The average Bonchev–Trinajstić information content (AvgIpc) is 3.75. The van der Waals surface area contributed by atoms with Crippen molar-refractivity contribution in [3.63, 3.8) is 0 Å². The first-order valence-electron chi connectivity index (χ1n) is 13.2. The van der Waals surface area contributed by atoms with Crippen LogP contribution < -0.4 is 11.1 Å². The Morgan fingerprint density at radius 2 is 1.89 bits per heavy atom. The normalized spacial score (nSPS) is 12.6. The van der Waals surface area contributed by atoms with Crippen LogP contribution in [0, 0.1) is 0 Å². The van der Waals surface area contributed by atoms with Crippen LogP contribution in [0.25, 0.3) is 33.9 Å². The maximum absolute atomic E-state index is 13.5. The third-order valence-corrected chi connectivity index (χ3v) is 7.34. The summed E-state index contributed by atoms with van der Waals surface area (Å²) < 4.78 is 41.0. The van der Waals surface area contributed by atoms with Gasteiger partial charge < -0.3 is 16.0 Å². The van der Waals surface area contributed by atoms with E-state index in [1.54, 1.807) is 6.07 Å². The second kappa shape index (κ2) is 12.1. The fourth-order valence-electron chi connectivity index (χ4n) is 4.74. The fourth-order valence-corrected chi connectivity index (χ4v) is 5.17. The molecule has 0 fully saturated rings. The summed E-state index contributed by atoms with van der Waals surface area (Å²) in [6.45, 7) is 0. The Balaban J connectivity index is 1.30. The molecule has 3 aromatic heterocycles. The highest BCUT2D eigenvalue weighted by molar-refractivity contribution is 6.32. The predicted molar refractivity (Wildman–Crippen MR) is 162 cm³/mol. The van der Waals surface area contributed by atoms with Crippen molar-refractivity contribution in [3.8, 4) is 16.9 Å². The summed E-state index contributed by atoms with van der Waals surface area (Å²) in [5, 5.41) is 20.8. The maximum atomic E-state index is 13.5. The number of anilines is 1. The zero-order valence-corrected chi connectivity index (χ0v) is 24.4. The number of fused-ring (bicyclic) bond motifs is 1. The number of aromatic nitrogens is 8. The van der Waals surface area contributed by atoms with Crippen LogP contribution in [0.15, 0.2) is 72.8 Å². The number of rotatable bonds is 8. The molecule has 1 atom stereocenters. The number of halogens is 5. The zero-order valence-electron chi connectivity index (χ0n) is 22.8. The second-order valence-corrected chi connectivity index (χ2v) is 10.7. The first-order valence-corrected chi connectivity index (χ1v) is 14.0. The number of nitrogens with one attached hydrogen (secondary N) is 3. The van der Waals surface area contributed by atoms with E-state index in [0.717, 1.165) is 10.9 Å². The van der Waals surface area contributed by atoms with Gasteiger partial charge in [-0.2, -0.15) is 23.0 Å². The number of alkyl halides is 3. The summed E-state index contributed by atoms with van der Waals surface area (Å²) in [6, 6.07) is 18.3. The number of aromatic amines is 2. The molecule has 3 aromatic carbocycles. The van der Waals surface area contributed by atoms with Crippen LogP contribution in [0.4, 0.5) is 19.0 Å². The number of nitrogens with zero attached hydrogens (tertiary/aromatic N) is 6. The molecule has 0 spiro atoms. The minimum atomic E-state index is -4.81. The SMILES string of the molecule is Nc1n[nH]c2cc(-c3nc([C@H](Cc4ccccc4)NC(=O)/C=C/c4cc(Cl)ccc4-n4nnnc4C(F)(F)F)[nH]c3Cl)ccc12. The van der Waals surface area contributed by atoms with Gasteiger partial charge in [0.1, 0.15) is 16.7 Å². The predicted octanol–water partition coefficient (Wildman–Crippen LogP) is 5.95. The number of benzene rings is 3. The lowest BCUT2D eigenvalue weighted by Gasteiger charge is -2.16. The van der Waals surface area contributed by atoms with E-state index in [1.165, 1.54) is 30.4 Å². The molecule has 6 rings (SSSR count). The smallest absolute Gasteiger partial charge is 0.382 e. The van der Waals surface area contributed by atoms with E-state index < -0.39 is 23.9 Å². The monoisotopic (exact) mass is 652 g/mol. The van der Waals surface area contributed by atoms with Crippen molar-refractivity contribution in [1.82, 2.24) is 45.7 Å². The topological polar surface area (TPSA) is 156 Å². The van der Waals surface area contributed by atoms with Crippen LogP contribution in [-0.4, -0.2) is 46.3 Å². The molecular formula is C29H21Cl2F3N10O. The average molecular weight is 653 g/mol. The number of imidazole rings is 1. The summed E-state index contributed by atoms with van der Waals surface area (Å²) in [7, 11) is 0. The highest BCUT2D eigenvalue weighted by atomic mass is 35.5. The van der Waals surface area contributed by atoms with Crippen molar-refractivity contribution in [2.75, 3.05) is 5.73 Å². The number of hydrogen-bond donors (Lipinski definition) is 4. The van der Waals surface area contributed by atoms with Gasteiger partial charge in [-0.3, -0.25) is 9.89 Å². The van der Waals surface area contributed by atoms with Crippen LogP contribution in [0.2, 0.25) is 10.2 Å². The molecule has 0 saturated carbocycles. The van der Waals surface area contributed by atoms with E-state index in [9.17, 15) is 18.0 Å². The van der Waals surface area contributed by atoms with Gasteiger partial charge in [0.25, 0.3) is 5.82 Å². The molecule has 0 saturated heterocycles. The third kappa shape index (κ3) is 6.37. The summed E-state index contributed by atoms with van der Waals surface area (Å²) in [4.78, 5) is 21.0. The number of carbonyl (C=O) groups excluding carboxylic acids is 1. The molecule has 1 amide bonds. The molecular weight excluding hydrogens is 632 g/mol. The van der Waals surface area contributed by atoms with E-state index >= 15 is 0 Å². The van der Waals surface area contributed by atoms with Gasteiger partial charge >= 0.3 is 6.18 Å². The summed E-state index contributed by atoms with van der Waals surface area (Å²) in [5.41, 5.74) is 8.79. The van der Waals surface area contributed by atoms with Gasteiger partial charge in [-0.15, -0.1) is 5.10 Å². The first kappa shape index (κ1) is 29.8. The van der Waals surface area contributed by atoms with Crippen molar-refractivity contribution in [1.29, 1.82) is 0 Å². The van der Waals surface area contributed by atoms with Crippen LogP contribution in [-0.2, 0) is 17.4 Å². The van der Waals surface area contributed by atoms with Crippen LogP contribution in [0.1, 0.15) is 28.8 Å².